The number of nitrogens with zero attached hydrogens (tertiary/aromatic N) is 3. The van der Waals surface area contributed by atoms with Crippen LogP contribution in [0, 0.1) is 10.5 Å². The van der Waals surface area contributed by atoms with E-state index in [1.807, 2.05) is 19.9 Å². The van der Waals surface area contributed by atoms with Gasteiger partial charge in [0.15, 0.2) is 18.1 Å². The first-order valence-corrected chi connectivity index (χ1v) is 9.13. The second-order valence-electron chi connectivity index (χ2n) is 5.19. The van der Waals surface area contributed by atoms with E-state index in [0.29, 0.717) is 30.7 Å². The number of carbonyl (C=O) groups is 1. The normalized spacial score (nSPS) is 10.9. The molecule has 0 bridgehead atoms. The Hall–Kier alpha value is -2.30. The molecule has 9 heteroatoms. The highest BCUT2D eigenvalue weighted by Gasteiger charge is 2.14. The standard InChI is InChI=1S/C17H21IN4O4/c1-4-24-14-7-12(8-20-22-9-11(3)21-17(22)19)6-13(18)16(14)26-10-15(23)25-5-2/h6-9H,4-5,10H2,1-3H3,(H2,19,21). The lowest BCUT2D eigenvalue weighted by molar-refractivity contribution is -0.145. The highest BCUT2D eigenvalue weighted by Crippen LogP contribution is 2.34. The van der Waals surface area contributed by atoms with Crippen molar-refractivity contribution in [3.05, 3.63) is 33.2 Å². The summed E-state index contributed by atoms with van der Waals surface area (Å²) in [5.74, 6) is 0.908. The van der Waals surface area contributed by atoms with Crippen LogP contribution in [0.2, 0.25) is 0 Å². The van der Waals surface area contributed by atoms with Crippen LogP contribution in [0.3, 0.4) is 0 Å². The Balaban J connectivity index is 2.24. The number of ether oxygens (including phenoxy) is 3. The third-order valence-electron chi connectivity index (χ3n) is 3.14. The van der Waals surface area contributed by atoms with Gasteiger partial charge in [-0.3, -0.25) is 0 Å². The molecule has 0 unspecified atom stereocenters. The van der Waals surface area contributed by atoms with Gasteiger partial charge in [-0.2, -0.15) is 5.10 Å². The van der Waals surface area contributed by atoms with E-state index in [2.05, 4.69) is 32.7 Å². The molecule has 0 aliphatic rings. The summed E-state index contributed by atoms with van der Waals surface area (Å²) in [6.07, 6.45) is 3.38. The molecule has 0 saturated heterocycles. The van der Waals surface area contributed by atoms with Crippen molar-refractivity contribution in [3.8, 4) is 11.5 Å². The van der Waals surface area contributed by atoms with Gasteiger partial charge in [-0.1, -0.05) is 0 Å². The third-order valence-corrected chi connectivity index (χ3v) is 3.94. The van der Waals surface area contributed by atoms with Crippen LogP contribution in [0.4, 0.5) is 5.95 Å². The second kappa shape index (κ2) is 9.41. The molecule has 2 N–H and O–H groups in total. The molecule has 0 aliphatic heterocycles. The molecule has 1 aromatic heterocycles. The number of rotatable bonds is 8. The van der Waals surface area contributed by atoms with E-state index in [9.17, 15) is 4.79 Å². The first kappa shape index (κ1) is 20.0. The fourth-order valence-corrected chi connectivity index (χ4v) is 2.91. The smallest absolute Gasteiger partial charge is 0.344 e. The predicted molar refractivity (Wildman–Crippen MR) is 107 cm³/mol. The monoisotopic (exact) mass is 472 g/mol. The van der Waals surface area contributed by atoms with Gasteiger partial charge < -0.3 is 19.9 Å². The van der Waals surface area contributed by atoms with Crippen molar-refractivity contribution in [2.75, 3.05) is 25.6 Å². The summed E-state index contributed by atoms with van der Waals surface area (Å²) >= 11 is 2.12. The molecule has 140 valence electrons. The van der Waals surface area contributed by atoms with Crippen molar-refractivity contribution >= 4 is 40.7 Å². The van der Waals surface area contributed by atoms with E-state index < -0.39 is 5.97 Å². The van der Waals surface area contributed by atoms with Crippen molar-refractivity contribution in [3.63, 3.8) is 0 Å². The third kappa shape index (κ3) is 5.35. The highest BCUT2D eigenvalue weighted by atomic mass is 127. The lowest BCUT2D eigenvalue weighted by Crippen LogP contribution is -2.15. The van der Waals surface area contributed by atoms with Crippen LogP contribution < -0.4 is 15.2 Å². The fourth-order valence-electron chi connectivity index (χ4n) is 2.12. The molecule has 1 aromatic carbocycles. The zero-order valence-corrected chi connectivity index (χ0v) is 17.0. The van der Waals surface area contributed by atoms with Crippen molar-refractivity contribution in [2.24, 2.45) is 5.10 Å². The topological polar surface area (TPSA) is 101 Å². The van der Waals surface area contributed by atoms with E-state index >= 15 is 0 Å². The van der Waals surface area contributed by atoms with Crippen molar-refractivity contribution in [1.29, 1.82) is 0 Å². The van der Waals surface area contributed by atoms with E-state index in [1.165, 1.54) is 4.68 Å². The molecule has 0 fully saturated rings. The van der Waals surface area contributed by atoms with Crippen molar-refractivity contribution < 1.29 is 19.0 Å². The molecule has 0 saturated carbocycles. The molecular weight excluding hydrogens is 451 g/mol. The lowest BCUT2D eigenvalue weighted by Gasteiger charge is -2.14. The maximum atomic E-state index is 11.5. The second-order valence-corrected chi connectivity index (χ2v) is 6.35. The SMILES string of the molecule is CCOC(=O)COc1c(I)cc(C=Nn2cc(C)nc2N)cc1OCC. The Morgan fingerprint density at radius 3 is 2.73 bits per heavy atom. The van der Waals surface area contributed by atoms with Gasteiger partial charge >= 0.3 is 5.97 Å². The number of anilines is 1. The fraction of sp³-hybridized carbons (Fsp3) is 0.353. The number of benzene rings is 1. The number of esters is 1. The minimum Gasteiger partial charge on any atom is -0.490 e. The van der Waals surface area contributed by atoms with Crippen LogP contribution in [0.5, 0.6) is 11.5 Å². The molecule has 8 nitrogen and oxygen atoms in total. The van der Waals surface area contributed by atoms with Gasteiger partial charge in [-0.25, -0.2) is 14.5 Å². The molecule has 0 amide bonds. The largest absolute Gasteiger partial charge is 0.490 e. The molecule has 26 heavy (non-hydrogen) atoms. The van der Waals surface area contributed by atoms with Crippen LogP contribution in [0.25, 0.3) is 0 Å². The first-order valence-electron chi connectivity index (χ1n) is 8.05. The summed E-state index contributed by atoms with van der Waals surface area (Å²) in [5.41, 5.74) is 7.36. The number of nitrogens with two attached hydrogens (primary N) is 1. The van der Waals surface area contributed by atoms with Crippen molar-refractivity contribution in [1.82, 2.24) is 9.66 Å². The van der Waals surface area contributed by atoms with Crippen molar-refractivity contribution in [2.45, 2.75) is 20.8 Å². The Kier molecular flexibility index (Phi) is 7.25. The van der Waals surface area contributed by atoms with Gasteiger partial charge in [0, 0.05) is 0 Å². The summed E-state index contributed by atoms with van der Waals surface area (Å²) in [6, 6.07) is 3.66. The summed E-state index contributed by atoms with van der Waals surface area (Å²) in [5, 5.41) is 4.30. The number of hydrogen-bond donors (Lipinski definition) is 1. The van der Waals surface area contributed by atoms with Crippen LogP contribution in [0.15, 0.2) is 23.4 Å². The molecule has 0 atom stereocenters. The van der Waals surface area contributed by atoms with Crippen LogP contribution in [-0.2, 0) is 9.53 Å². The number of imidazole rings is 1. The van der Waals surface area contributed by atoms with Gasteiger partial charge in [-0.05, 0) is 61.1 Å². The molecule has 0 radical (unpaired) electrons. The summed E-state index contributed by atoms with van der Waals surface area (Å²) in [6.45, 7) is 6.05. The first-order chi connectivity index (χ1) is 12.4. The van der Waals surface area contributed by atoms with Crippen LogP contribution in [-0.4, -0.2) is 41.7 Å². The number of halogens is 1. The highest BCUT2D eigenvalue weighted by molar-refractivity contribution is 14.1. The van der Waals surface area contributed by atoms with E-state index in [1.54, 1.807) is 25.4 Å². The van der Waals surface area contributed by atoms with E-state index in [0.717, 1.165) is 14.8 Å². The predicted octanol–water partition coefficient (Wildman–Crippen LogP) is 2.60. The number of aryl methyl sites for hydroxylation is 1. The lowest BCUT2D eigenvalue weighted by atomic mass is 10.2. The Bertz CT molecular complexity index is 804. The van der Waals surface area contributed by atoms with E-state index in [-0.39, 0.29) is 6.61 Å². The molecule has 2 rings (SSSR count). The Morgan fingerprint density at radius 1 is 1.35 bits per heavy atom. The molecule has 2 aromatic rings. The number of carbonyl (C=O) groups excluding carboxylic acids is 1. The van der Waals surface area contributed by atoms with Crippen LogP contribution >= 0.6 is 22.6 Å². The van der Waals surface area contributed by atoms with Gasteiger partial charge in [0.1, 0.15) is 0 Å². The van der Waals surface area contributed by atoms with Gasteiger partial charge in [0.2, 0.25) is 5.95 Å². The molecular formula is C17H21IN4O4. The Morgan fingerprint density at radius 2 is 2.12 bits per heavy atom. The number of aromatic nitrogens is 2. The molecule has 1 heterocycles. The zero-order valence-electron chi connectivity index (χ0n) is 14.9. The number of hydrogen-bond acceptors (Lipinski definition) is 7. The van der Waals surface area contributed by atoms with Gasteiger partial charge in [0.25, 0.3) is 0 Å². The number of nitrogen functional groups attached to an aromatic ring is 1. The summed E-state index contributed by atoms with van der Waals surface area (Å²) in [4.78, 5) is 15.6. The Labute approximate surface area is 165 Å². The van der Waals surface area contributed by atoms with E-state index in [4.69, 9.17) is 19.9 Å². The van der Waals surface area contributed by atoms with Crippen LogP contribution in [0.1, 0.15) is 25.1 Å². The maximum Gasteiger partial charge on any atom is 0.344 e. The summed E-state index contributed by atoms with van der Waals surface area (Å²) < 4.78 is 18.4. The summed E-state index contributed by atoms with van der Waals surface area (Å²) in [7, 11) is 0. The van der Waals surface area contributed by atoms with Gasteiger partial charge in [0.05, 0.1) is 34.9 Å². The minimum atomic E-state index is -0.428. The molecule has 0 aliphatic carbocycles. The molecule has 0 spiro atoms. The minimum absolute atomic E-state index is 0.178. The maximum absolute atomic E-state index is 11.5. The average molecular weight is 472 g/mol. The van der Waals surface area contributed by atoms with Gasteiger partial charge in [-0.15, -0.1) is 0 Å². The zero-order chi connectivity index (χ0) is 19.1. The quantitative estimate of drug-likeness (QED) is 0.360. The average Bonchev–Trinajstić information content (AvgIpc) is 2.90.